The van der Waals surface area contributed by atoms with Gasteiger partial charge < -0.3 is 20.3 Å². The molecule has 166 valence electrons. The number of carbonyl (C=O) groups is 3. The first-order valence-electron chi connectivity index (χ1n) is 11.4. The summed E-state index contributed by atoms with van der Waals surface area (Å²) in [5, 5.41) is 6.18. The maximum Gasteiger partial charge on any atom is 0.409 e. The van der Waals surface area contributed by atoms with Gasteiger partial charge in [-0.2, -0.15) is 0 Å². The second-order valence-electron chi connectivity index (χ2n) is 8.71. The fourth-order valence-electron chi connectivity index (χ4n) is 4.38. The lowest BCUT2D eigenvalue weighted by molar-refractivity contribution is -0.134. The maximum atomic E-state index is 13.0. The predicted molar refractivity (Wildman–Crippen MR) is 112 cm³/mol. The Morgan fingerprint density at radius 3 is 2.31 bits per heavy atom. The van der Waals surface area contributed by atoms with E-state index >= 15 is 0 Å². The van der Waals surface area contributed by atoms with Crippen molar-refractivity contribution in [2.24, 2.45) is 17.8 Å². The molecule has 0 unspecified atom stereocenters. The summed E-state index contributed by atoms with van der Waals surface area (Å²) in [6, 6.07) is -0.491. The molecule has 1 aliphatic carbocycles. The molecule has 1 aliphatic heterocycles. The first kappa shape index (κ1) is 23.5. The molecule has 2 rings (SSSR count). The third kappa shape index (κ3) is 6.61. The van der Waals surface area contributed by atoms with Crippen molar-refractivity contribution in [3.8, 4) is 0 Å². The van der Waals surface area contributed by atoms with Crippen LogP contribution in [0.4, 0.5) is 4.79 Å². The highest BCUT2D eigenvalue weighted by Crippen LogP contribution is 2.30. The van der Waals surface area contributed by atoms with Crippen molar-refractivity contribution < 1.29 is 19.1 Å². The van der Waals surface area contributed by atoms with E-state index in [2.05, 4.69) is 17.6 Å². The van der Waals surface area contributed by atoms with Gasteiger partial charge in [-0.05, 0) is 44.4 Å². The van der Waals surface area contributed by atoms with E-state index in [4.69, 9.17) is 4.74 Å². The average Bonchev–Trinajstić information content (AvgIpc) is 2.72. The van der Waals surface area contributed by atoms with Gasteiger partial charge in [0.25, 0.3) is 0 Å². The van der Waals surface area contributed by atoms with Crippen molar-refractivity contribution in [2.75, 3.05) is 19.7 Å². The van der Waals surface area contributed by atoms with E-state index in [9.17, 15) is 14.4 Å². The van der Waals surface area contributed by atoms with Crippen molar-refractivity contribution in [3.63, 3.8) is 0 Å². The number of ether oxygens (including phenoxy) is 1. The minimum Gasteiger partial charge on any atom is -0.450 e. The number of hydrogen-bond donors (Lipinski definition) is 2. The summed E-state index contributed by atoms with van der Waals surface area (Å²) < 4.78 is 5.04. The monoisotopic (exact) mass is 409 g/mol. The number of piperidine rings is 1. The highest BCUT2D eigenvalue weighted by Gasteiger charge is 2.34. The summed E-state index contributed by atoms with van der Waals surface area (Å²) in [5.74, 6) is 0.366. The van der Waals surface area contributed by atoms with Crippen LogP contribution in [0.1, 0.15) is 72.6 Å². The van der Waals surface area contributed by atoms with Gasteiger partial charge in [0.1, 0.15) is 6.04 Å². The third-order valence-corrected chi connectivity index (χ3v) is 6.61. The Kier molecular flexibility index (Phi) is 9.24. The number of hydrogen-bond acceptors (Lipinski definition) is 4. The molecule has 1 heterocycles. The van der Waals surface area contributed by atoms with Gasteiger partial charge in [-0.1, -0.05) is 40.0 Å². The summed E-state index contributed by atoms with van der Waals surface area (Å²) in [6.45, 7) is 9.50. The van der Waals surface area contributed by atoms with Gasteiger partial charge >= 0.3 is 6.09 Å². The zero-order chi connectivity index (χ0) is 21.4. The second kappa shape index (κ2) is 11.4. The number of rotatable bonds is 7. The smallest absolute Gasteiger partial charge is 0.409 e. The molecule has 0 bridgehead atoms. The Hall–Kier alpha value is -1.79. The van der Waals surface area contributed by atoms with Crippen LogP contribution in [-0.2, 0) is 14.3 Å². The van der Waals surface area contributed by atoms with Crippen LogP contribution >= 0.6 is 0 Å². The average molecular weight is 410 g/mol. The SMILES string of the molecule is CCOC(=O)N1CCC(NC(=O)[C@H](NC(=O)[C@@H]2CCCC[C@@H]2C)[C@H](C)CC)CC1. The fourth-order valence-corrected chi connectivity index (χ4v) is 4.38. The number of amides is 3. The Labute approximate surface area is 175 Å². The molecule has 29 heavy (non-hydrogen) atoms. The molecule has 0 aromatic heterocycles. The molecule has 3 amide bonds. The summed E-state index contributed by atoms with van der Waals surface area (Å²) in [5.41, 5.74) is 0. The second-order valence-corrected chi connectivity index (χ2v) is 8.71. The van der Waals surface area contributed by atoms with Gasteiger partial charge in [0.15, 0.2) is 0 Å². The van der Waals surface area contributed by atoms with Gasteiger partial charge in [-0.3, -0.25) is 9.59 Å². The van der Waals surface area contributed by atoms with Crippen LogP contribution < -0.4 is 10.6 Å². The van der Waals surface area contributed by atoms with Crippen LogP contribution in [0.5, 0.6) is 0 Å². The molecule has 1 saturated heterocycles. The molecule has 0 spiro atoms. The lowest BCUT2D eigenvalue weighted by Crippen LogP contribution is -2.55. The molecular weight excluding hydrogens is 370 g/mol. The Balaban J connectivity index is 1.90. The molecule has 7 nitrogen and oxygen atoms in total. The minimum absolute atomic E-state index is 0.0101. The van der Waals surface area contributed by atoms with Gasteiger partial charge in [-0.25, -0.2) is 4.79 Å². The molecule has 7 heteroatoms. The zero-order valence-electron chi connectivity index (χ0n) is 18.5. The quantitative estimate of drug-likeness (QED) is 0.676. The van der Waals surface area contributed by atoms with E-state index in [1.807, 2.05) is 13.8 Å². The van der Waals surface area contributed by atoms with E-state index in [1.165, 1.54) is 6.42 Å². The highest BCUT2D eigenvalue weighted by atomic mass is 16.6. The molecule has 2 fully saturated rings. The molecule has 2 N–H and O–H groups in total. The van der Waals surface area contributed by atoms with Crippen LogP contribution in [0.2, 0.25) is 0 Å². The molecule has 1 saturated carbocycles. The van der Waals surface area contributed by atoms with Crippen molar-refractivity contribution in [1.29, 1.82) is 0 Å². The summed E-state index contributed by atoms with van der Waals surface area (Å²) in [7, 11) is 0. The highest BCUT2D eigenvalue weighted by molar-refractivity contribution is 5.89. The molecule has 4 atom stereocenters. The van der Waals surface area contributed by atoms with Gasteiger partial charge in [0.2, 0.25) is 11.8 Å². The molecule has 0 radical (unpaired) electrons. The van der Waals surface area contributed by atoms with Gasteiger partial charge in [0.05, 0.1) is 6.61 Å². The van der Waals surface area contributed by atoms with Crippen LogP contribution in [0.15, 0.2) is 0 Å². The molecule has 0 aromatic carbocycles. The number of nitrogens with one attached hydrogen (secondary N) is 2. The standard InChI is InChI=1S/C22H39N3O4/c1-5-15(3)19(24-20(26)18-10-8-7-9-16(18)4)21(27)23-17-11-13-25(14-12-17)22(28)29-6-2/h15-19H,5-14H2,1-4H3,(H,23,27)(H,24,26)/t15-,16+,18-,19-/m1/s1. The van der Waals surface area contributed by atoms with Crippen molar-refractivity contribution in [1.82, 2.24) is 15.5 Å². The van der Waals surface area contributed by atoms with Gasteiger partial charge in [0, 0.05) is 25.0 Å². The van der Waals surface area contributed by atoms with Crippen molar-refractivity contribution >= 4 is 17.9 Å². The van der Waals surface area contributed by atoms with E-state index in [1.54, 1.807) is 11.8 Å². The molecular formula is C22H39N3O4. The first-order chi connectivity index (χ1) is 13.9. The molecule has 2 aliphatic rings. The van der Waals surface area contributed by atoms with E-state index in [0.717, 1.165) is 25.7 Å². The van der Waals surface area contributed by atoms with Crippen LogP contribution in [0.3, 0.4) is 0 Å². The zero-order valence-corrected chi connectivity index (χ0v) is 18.5. The van der Waals surface area contributed by atoms with Crippen LogP contribution in [0.25, 0.3) is 0 Å². The maximum absolute atomic E-state index is 13.0. The fraction of sp³-hybridized carbons (Fsp3) is 0.864. The minimum atomic E-state index is -0.510. The topological polar surface area (TPSA) is 87.7 Å². The first-order valence-corrected chi connectivity index (χ1v) is 11.4. The Morgan fingerprint density at radius 2 is 1.72 bits per heavy atom. The van der Waals surface area contributed by atoms with E-state index in [0.29, 0.717) is 38.5 Å². The lowest BCUT2D eigenvalue weighted by Gasteiger charge is -2.34. The lowest BCUT2D eigenvalue weighted by atomic mass is 9.79. The summed E-state index contributed by atoms with van der Waals surface area (Å²) in [4.78, 5) is 39.4. The normalized spacial score (nSPS) is 25.0. The Morgan fingerprint density at radius 1 is 1.07 bits per heavy atom. The Bertz CT molecular complexity index is 560. The summed E-state index contributed by atoms with van der Waals surface area (Å²) in [6.07, 6.45) is 6.19. The van der Waals surface area contributed by atoms with E-state index < -0.39 is 6.04 Å². The third-order valence-electron chi connectivity index (χ3n) is 6.61. The number of likely N-dealkylation sites (tertiary alicyclic amines) is 1. The van der Waals surface area contributed by atoms with Gasteiger partial charge in [-0.15, -0.1) is 0 Å². The number of nitrogens with zero attached hydrogens (tertiary/aromatic N) is 1. The van der Waals surface area contributed by atoms with Crippen LogP contribution in [-0.4, -0.2) is 54.6 Å². The molecule has 0 aromatic rings. The van der Waals surface area contributed by atoms with Crippen LogP contribution in [0, 0.1) is 17.8 Å². The van der Waals surface area contributed by atoms with Crippen molar-refractivity contribution in [3.05, 3.63) is 0 Å². The van der Waals surface area contributed by atoms with E-state index in [-0.39, 0.29) is 35.8 Å². The predicted octanol–water partition coefficient (Wildman–Crippen LogP) is 3.08. The van der Waals surface area contributed by atoms with Crippen molar-refractivity contribution in [2.45, 2.75) is 84.7 Å². The number of carbonyl (C=O) groups excluding carboxylic acids is 3. The largest absolute Gasteiger partial charge is 0.450 e. The summed E-state index contributed by atoms with van der Waals surface area (Å²) >= 11 is 0.